The van der Waals surface area contributed by atoms with Gasteiger partial charge in [-0.2, -0.15) is 0 Å². The number of fused-ring (bicyclic) bond motifs is 1. The number of hydrogen-bond acceptors (Lipinski definition) is 3. The molecular weight excluding hydrogens is 357 g/mol. The van der Waals surface area contributed by atoms with Crippen LogP contribution in [0.4, 0.5) is 4.39 Å². The fourth-order valence-electron chi connectivity index (χ4n) is 3.06. The number of amides is 1. The lowest BCUT2D eigenvalue weighted by atomic mass is 10.0. The number of carbonyl (C=O) groups excluding carboxylic acids is 1. The molecule has 0 bridgehead atoms. The number of nitrogens with one attached hydrogen (secondary N) is 1. The molecule has 0 saturated carbocycles. The topological polar surface area (TPSA) is 56.1 Å². The minimum absolute atomic E-state index is 0.0661. The second-order valence-corrected chi connectivity index (χ2v) is 7.14. The Bertz CT molecular complexity index is 948. The van der Waals surface area contributed by atoms with Crippen molar-refractivity contribution in [2.24, 2.45) is 7.05 Å². The molecule has 1 heterocycles. The highest BCUT2D eigenvalue weighted by molar-refractivity contribution is 5.76. The summed E-state index contributed by atoms with van der Waals surface area (Å²) in [7, 11) is 1.89. The van der Waals surface area contributed by atoms with Gasteiger partial charge in [0.1, 0.15) is 17.4 Å². The van der Waals surface area contributed by atoms with Gasteiger partial charge in [0.05, 0.1) is 24.1 Å². The van der Waals surface area contributed by atoms with Crippen molar-refractivity contribution in [3.63, 3.8) is 0 Å². The summed E-state index contributed by atoms with van der Waals surface area (Å²) in [6, 6.07) is 12.5. The van der Waals surface area contributed by atoms with Gasteiger partial charge >= 0.3 is 0 Å². The molecule has 0 aliphatic heterocycles. The molecule has 0 radical (unpaired) electrons. The zero-order valence-corrected chi connectivity index (χ0v) is 16.5. The summed E-state index contributed by atoms with van der Waals surface area (Å²) >= 11 is 0. The van der Waals surface area contributed by atoms with Crippen LogP contribution in [0.5, 0.6) is 5.75 Å². The fourth-order valence-corrected chi connectivity index (χ4v) is 3.06. The molecule has 1 amide bonds. The normalized spacial score (nSPS) is 11.2. The van der Waals surface area contributed by atoms with Crippen LogP contribution in [0.15, 0.2) is 42.5 Å². The summed E-state index contributed by atoms with van der Waals surface area (Å²) in [5, 5.41) is 2.88. The number of imidazole rings is 1. The summed E-state index contributed by atoms with van der Waals surface area (Å²) in [5.41, 5.74) is 2.76. The first-order chi connectivity index (χ1) is 13.4. The molecular formula is C22H26FN3O2. The Balaban J connectivity index is 1.42. The minimum atomic E-state index is -0.302. The predicted molar refractivity (Wildman–Crippen MR) is 108 cm³/mol. The van der Waals surface area contributed by atoms with Crippen LogP contribution in [0, 0.1) is 5.82 Å². The first-order valence-electron chi connectivity index (χ1n) is 9.54. The number of halogens is 1. The number of nitrogens with zero attached hydrogens (tertiary/aromatic N) is 2. The molecule has 0 unspecified atom stereocenters. The largest absolute Gasteiger partial charge is 0.493 e. The standard InChI is InChI=1S/C22H26FN3O2/c1-15(2)16-4-7-18(8-5-16)28-13-11-22(27)24-12-10-21-25-19-14-17(23)6-9-20(19)26(21)3/h4-9,14-15H,10-13H2,1-3H3,(H,24,27). The molecule has 0 atom stereocenters. The van der Waals surface area contributed by atoms with E-state index in [0.29, 0.717) is 37.4 Å². The maximum absolute atomic E-state index is 13.3. The van der Waals surface area contributed by atoms with Gasteiger partial charge in [-0.25, -0.2) is 9.37 Å². The second-order valence-electron chi connectivity index (χ2n) is 7.14. The van der Waals surface area contributed by atoms with E-state index in [0.717, 1.165) is 17.1 Å². The molecule has 0 saturated heterocycles. The van der Waals surface area contributed by atoms with E-state index in [2.05, 4.69) is 24.1 Å². The lowest BCUT2D eigenvalue weighted by Crippen LogP contribution is -2.27. The Kier molecular flexibility index (Phi) is 6.29. The van der Waals surface area contributed by atoms with Crippen molar-refractivity contribution < 1.29 is 13.9 Å². The van der Waals surface area contributed by atoms with Gasteiger partial charge in [-0.05, 0) is 35.7 Å². The van der Waals surface area contributed by atoms with Crippen molar-refractivity contribution in [2.45, 2.75) is 32.6 Å². The zero-order chi connectivity index (χ0) is 20.1. The number of aromatic nitrogens is 2. The molecule has 28 heavy (non-hydrogen) atoms. The van der Waals surface area contributed by atoms with Crippen LogP contribution in [0.1, 0.15) is 37.6 Å². The Morgan fingerprint density at radius 2 is 1.96 bits per heavy atom. The molecule has 3 rings (SSSR count). The zero-order valence-electron chi connectivity index (χ0n) is 16.5. The van der Waals surface area contributed by atoms with Gasteiger partial charge in [-0.3, -0.25) is 4.79 Å². The third kappa shape index (κ3) is 4.88. The maximum Gasteiger partial charge on any atom is 0.223 e. The second kappa shape index (κ2) is 8.87. The van der Waals surface area contributed by atoms with E-state index in [9.17, 15) is 9.18 Å². The summed E-state index contributed by atoms with van der Waals surface area (Å²) in [4.78, 5) is 16.4. The van der Waals surface area contributed by atoms with Crippen LogP contribution in [0.3, 0.4) is 0 Å². The van der Waals surface area contributed by atoms with Crippen molar-refractivity contribution in [2.75, 3.05) is 13.2 Å². The van der Waals surface area contributed by atoms with Crippen LogP contribution >= 0.6 is 0 Å². The molecule has 0 fully saturated rings. The van der Waals surface area contributed by atoms with Crippen molar-refractivity contribution in [1.82, 2.24) is 14.9 Å². The third-order valence-electron chi connectivity index (χ3n) is 4.75. The van der Waals surface area contributed by atoms with Gasteiger partial charge in [0.25, 0.3) is 0 Å². The van der Waals surface area contributed by atoms with E-state index >= 15 is 0 Å². The van der Waals surface area contributed by atoms with E-state index < -0.39 is 0 Å². The van der Waals surface area contributed by atoms with E-state index in [-0.39, 0.29) is 11.7 Å². The third-order valence-corrected chi connectivity index (χ3v) is 4.75. The molecule has 0 spiro atoms. The molecule has 3 aromatic rings. The molecule has 148 valence electrons. The molecule has 1 N–H and O–H groups in total. The number of ether oxygens (including phenoxy) is 1. The van der Waals surface area contributed by atoms with Crippen molar-refractivity contribution in [1.29, 1.82) is 0 Å². The number of aryl methyl sites for hydroxylation is 1. The molecule has 0 aliphatic rings. The van der Waals surface area contributed by atoms with E-state index in [1.54, 1.807) is 6.07 Å². The summed E-state index contributed by atoms with van der Waals surface area (Å²) in [5.74, 6) is 1.69. The van der Waals surface area contributed by atoms with Crippen LogP contribution < -0.4 is 10.1 Å². The molecule has 2 aromatic carbocycles. The maximum atomic E-state index is 13.3. The van der Waals surface area contributed by atoms with E-state index in [1.807, 2.05) is 35.9 Å². The highest BCUT2D eigenvalue weighted by Crippen LogP contribution is 2.19. The van der Waals surface area contributed by atoms with Crippen molar-refractivity contribution in [3.05, 3.63) is 59.7 Å². The number of hydrogen-bond donors (Lipinski definition) is 1. The fraction of sp³-hybridized carbons (Fsp3) is 0.364. The Labute approximate surface area is 164 Å². The molecule has 6 heteroatoms. The number of benzene rings is 2. The quantitative estimate of drug-likeness (QED) is 0.640. The molecule has 5 nitrogen and oxygen atoms in total. The highest BCUT2D eigenvalue weighted by Gasteiger charge is 2.09. The smallest absolute Gasteiger partial charge is 0.223 e. The van der Waals surface area contributed by atoms with Gasteiger partial charge in [0, 0.05) is 26.1 Å². The van der Waals surface area contributed by atoms with Gasteiger partial charge in [0.2, 0.25) is 5.91 Å². The van der Waals surface area contributed by atoms with E-state index in [4.69, 9.17) is 4.74 Å². The van der Waals surface area contributed by atoms with Crippen LogP contribution in [0.25, 0.3) is 11.0 Å². The van der Waals surface area contributed by atoms with Gasteiger partial charge < -0.3 is 14.6 Å². The first kappa shape index (κ1) is 19.9. The Morgan fingerprint density at radius 3 is 2.68 bits per heavy atom. The monoisotopic (exact) mass is 383 g/mol. The first-order valence-corrected chi connectivity index (χ1v) is 9.54. The lowest BCUT2D eigenvalue weighted by Gasteiger charge is -2.09. The lowest BCUT2D eigenvalue weighted by molar-refractivity contribution is -0.121. The summed E-state index contributed by atoms with van der Waals surface area (Å²) in [6.07, 6.45) is 0.871. The number of rotatable bonds is 8. The van der Waals surface area contributed by atoms with Crippen molar-refractivity contribution >= 4 is 16.9 Å². The average molecular weight is 383 g/mol. The minimum Gasteiger partial charge on any atom is -0.493 e. The summed E-state index contributed by atoms with van der Waals surface area (Å²) in [6.45, 7) is 5.10. The van der Waals surface area contributed by atoms with Gasteiger partial charge in [0.15, 0.2) is 0 Å². The molecule has 1 aromatic heterocycles. The Hall–Kier alpha value is -2.89. The summed E-state index contributed by atoms with van der Waals surface area (Å²) < 4.78 is 20.9. The van der Waals surface area contributed by atoms with Crippen molar-refractivity contribution in [3.8, 4) is 5.75 Å². The van der Waals surface area contributed by atoms with Crippen LogP contribution in [-0.2, 0) is 18.3 Å². The van der Waals surface area contributed by atoms with Crippen LogP contribution in [-0.4, -0.2) is 28.6 Å². The van der Waals surface area contributed by atoms with E-state index in [1.165, 1.54) is 17.7 Å². The van der Waals surface area contributed by atoms with Gasteiger partial charge in [-0.1, -0.05) is 26.0 Å². The average Bonchev–Trinajstić information content (AvgIpc) is 2.97. The van der Waals surface area contributed by atoms with Gasteiger partial charge in [-0.15, -0.1) is 0 Å². The Morgan fingerprint density at radius 1 is 1.21 bits per heavy atom. The number of carbonyl (C=O) groups is 1. The molecule has 0 aliphatic carbocycles. The predicted octanol–water partition coefficient (Wildman–Crippen LogP) is 3.96. The van der Waals surface area contributed by atoms with Crippen LogP contribution in [0.2, 0.25) is 0 Å². The SMILES string of the molecule is CC(C)c1ccc(OCCC(=O)NCCc2nc3cc(F)ccc3n2C)cc1. The highest BCUT2D eigenvalue weighted by atomic mass is 19.1.